The van der Waals surface area contributed by atoms with E-state index in [4.69, 9.17) is 10.5 Å². The molecule has 0 unspecified atom stereocenters. The third kappa shape index (κ3) is 4.25. The number of para-hydroxylation sites is 2. The number of anilines is 2. The number of methoxy groups -OCH3 is 1. The largest absolute Gasteiger partial charge is 0.464 e. The first-order chi connectivity index (χ1) is 10.2. The lowest BCUT2D eigenvalue weighted by Gasteiger charge is -2.07. The minimum absolute atomic E-state index is 0.180. The number of thioether (sulfide) groups is 1. The first-order valence-corrected chi connectivity index (χ1v) is 7.02. The molecule has 0 atom stereocenters. The van der Waals surface area contributed by atoms with E-state index in [9.17, 15) is 4.79 Å². The summed E-state index contributed by atoms with van der Waals surface area (Å²) in [6.45, 7) is 0. The van der Waals surface area contributed by atoms with Gasteiger partial charge in [0.2, 0.25) is 5.04 Å². The maximum atomic E-state index is 11.8. The molecule has 0 amide bonds. The Bertz CT molecular complexity index is 644. The first kappa shape index (κ1) is 14.9. The van der Waals surface area contributed by atoms with Crippen LogP contribution in [0.25, 0.3) is 0 Å². The van der Waals surface area contributed by atoms with Crippen molar-refractivity contribution in [3.05, 3.63) is 54.6 Å². The van der Waals surface area contributed by atoms with Crippen molar-refractivity contribution in [3.8, 4) is 0 Å². The van der Waals surface area contributed by atoms with Gasteiger partial charge in [-0.15, -0.1) is 0 Å². The van der Waals surface area contributed by atoms with Crippen molar-refractivity contribution in [1.29, 1.82) is 0 Å². The maximum Gasteiger partial charge on any atom is 0.365 e. The summed E-state index contributed by atoms with van der Waals surface area (Å²) in [4.78, 5) is 12.5. The van der Waals surface area contributed by atoms with Gasteiger partial charge in [0.15, 0.2) is 0 Å². The number of esters is 1. The second kappa shape index (κ2) is 7.35. The van der Waals surface area contributed by atoms with E-state index in [0.29, 0.717) is 5.69 Å². The SMILES string of the molecule is COC(=O)/C(=N/Nc1ccccc1)Sc1ccccc1N. The fraction of sp³-hybridized carbons (Fsp3) is 0.0667. The average Bonchev–Trinajstić information content (AvgIpc) is 2.53. The minimum atomic E-state index is -0.522. The normalized spacial score (nSPS) is 11.0. The fourth-order valence-electron chi connectivity index (χ4n) is 1.50. The van der Waals surface area contributed by atoms with E-state index in [1.165, 1.54) is 7.11 Å². The molecule has 0 radical (unpaired) electrons. The quantitative estimate of drug-likeness (QED) is 0.228. The van der Waals surface area contributed by atoms with Crippen molar-refractivity contribution >= 4 is 34.1 Å². The zero-order chi connectivity index (χ0) is 15.1. The lowest BCUT2D eigenvalue weighted by atomic mass is 10.3. The molecule has 0 heterocycles. The third-order valence-electron chi connectivity index (χ3n) is 2.55. The molecular formula is C15H15N3O2S. The highest BCUT2D eigenvalue weighted by molar-refractivity contribution is 8.15. The van der Waals surface area contributed by atoms with E-state index < -0.39 is 5.97 Å². The standard InChI is InChI=1S/C15H15N3O2S/c1-20-15(19)14(18-17-11-7-3-2-4-8-11)21-13-10-6-5-9-12(13)16/h2-10,17H,16H2,1H3/b18-14-. The molecule has 0 fully saturated rings. The lowest BCUT2D eigenvalue weighted by Crippen LogP contribution is -2.14. The third-order valence-corrected chi connectivity index (χ3v) is 3.59. The number of carbonyl (C=O) groups is 1. The summed E-state index contributed by atoms with van der Waals surface area (Å²) in [6, 6.07) is 16.6. The zero-order valence-corrected chi connectivity index (χ0v) is 12.3. The van der Waals surface area contributed by atoms with E-state index in [0.717, 1.165) is 22.3 Å². The summed E-state index contributed by atoms with van der Waals surface area (Å²) >= 11 is 1.16. The molecule has 6 heteroatoms. The van der Waals surface area contributed by atoms with Crippen molar-refractivity contribution < 1.29 is 9.53 Å². The van der Waals surface area contributed by atoms with Gasteiger partial charge < -0.3 is 10.5 Å². The van der Waals surface area contributed by atoms with Crippen LogP contribution in [0.15, 0.2) is 64.6 Å². The molecule has 21 heavy (non-hydrogen) atoms. The number of benzene rings is 2. The average molecular weight is 301 g/mol. The van der Waals surface area contributed by atoms with Crippen LogP contribution in [0.5, 0.6) is 0 Å². The Morgan fingerprint density at radius 1 is 1.14 bits per heavy atom. The lowest BCUT2D eigenvalue weighted by molar-refractivity contribution is -0.132. The van der Waals surface area contributed by atoms with E-state index in [2.05, 4.69) is 10.5 Å². The van der Waals surface area contributed by atoms with Crippen molar-refractivity contribution in [2.45, 2.75) is 4.90 Å². The van der Waals surface area contributed by atoms with Crippen LogP contribution in [0.4, 0.5) is 11.4 Å². The van der Waals surface area contributed by atoms with E-state index >= 15 is 0 Å². The number of hydrazone groups is 1. The number of carbonyl (C=O) groups excluding carboxylic acids is 1. The summed E-state index contributed by atoms with van der Waals surface area (Å²) in [6.07, 6.45) is 0. The number of rotatable bonds is 3. The summed E-state index contributed by atoms with van der Waals surface area (Å²) < 4.78 is 4.74. The number of nitrogens with two attached hydrogens (primary N) is 1. The molecular weight excluding hydrogens is 286 g/mol. The summed E-state index contributed by atoms with van der Waals surface area (Å²) in [5.41, 5.74) is 10.1. The molecule has 2 rings (SSSR count). The predicted octanol–water partition coefficient (Wildman–Crippen LogP) is 2.96. The Kier molecular flexibility index (Phi) is 5.22. The second-order valence-electron chi connectivity index (χ2n) is 4.03. The highest BCUT2D eigenvalue weighted by atomic mass is 32.2. The highest BCUT2D eigenvalue weighted by Crippen LogP contribution is 2.26. The number of hydrogen-bond acceptors (Lipinski definition) is 6. The van der Waals surface area contributed by atoms with Gasteiger partial charge in [-0.2, -0.15) is 5.10 Å². The summed E-state index contributed by atoms with van der Waals surface area (Å²) in [7, 11) is 1.31. The predicted molar refractivity (Wildman–Crippen MR) is 86.2 cm³/mol. The van der Waals surface area contributed by atoms with Crippen LogP contribution in [0.3, 0.4) is 0 Å². The monoisotopic (exact) mass is 301 g/mol. The van der Waals surface area contributed by atoms with Gasteiger partial charge >= 0.3 is 5.97 Å². The van der Waals surface area contributed by atoms with E-state index in [-0.39, 0.29) is 5.04 Å². The van der Waals surface area contributed by atoms with Gasteiger partial charge in [0.1, 0.15) is 0 Å². The fourth-order valence-corrected chi connectivity index (χ4v) is 2.30. The van der Waals surface area contributed by atoms with Gasteiger partial charge in [-0.1, -0.05) is 42.1 Å². The van der Waals surface area contributed by atoms with Crippen LogP contribution >= 0.6 is 11.8 Å². The summed E-state index contributed by atoms with van der Waals surface area (Å²) in [5, 5.41) is 4.28. The van der Waals surface area contributed by atoms with Crippen molar-refractivity contribution in [2.24, 2.45) is 5.10 Å². The Morgan fingerprint density at radius 2 is 1.81 bits per heavy atom. The molecule has 2 aromatic rings. The minimum Gasteiger partial charge on any atom is -0.464 e. The number of ether oxygens (including phenoxy) is 1. The van der Waals surface area contributed by atoms with Crippen molar-refractivity contribution in [2.75, 3.05) is 18.3 Å². The van der Waals surface area contributed by atoms with Gasteiger partial charge in [-0.3, -0.25) is 5.43 Å². The van der Waals surface area contributed by atoms with Gasteiger partial charge in [-0.05, 0) is 24.3 Å². The molecule has 5 nitrogen and oxygen atoms in total. The topological polar surface area (TPSA) is 76.7 Å². The zero-order valence-electron chi connectivity index (χ0n) is 11.4. The van der Waals surface area contributed by atoms with Crippen LogP contribution in [0, 0.1) is 0 Å². The Labute approximate surface area is 127 Å². The van der Waals surface area contributed by atoms with Crippen LogP contribution in [-0.2, 0) is 9.53 Å². The van der Waals surface area contributed by atoms with E-state index in [1.807, 2.05) is 48.5 Å². The van der Waals surface area contributed by atoms with Crippen molar-refractivity contribution in [3.63, 3.8) is 0 Å². The number of nitrogen functional groups attached to an aromatic ring is 1. The van der Waals surface area contributed by atoms with Crippen LogP contribution in [0.1, 0.15) is 0 Å². The molecule has 3 N–H and O–H groups in total. The number of nitrogens with zero attached hydrogens (tertiary/aromatic N) is 1. The smallest absolute Gasteiger partial charge is 0.365 e. The number of nitrogens with one attached hydrogen (secondary N) is 1. The second-order valence-corrected chi connectivity index (χ2v) is 5.06. The van der Waals surface area contributed by atoms with Crippen LogP contribution in [0.2, 0.25) is 0 Å². The molecule has 2 aromatic carbocycles. The van der Waals surface area contributed by atoms with Gasteiger partial charge in [-0.25, -0.2) is 4.79 Å². The molecule has 0 saturated heterocycles. The molecule has 0 saturated carbocycles. The maximum absolute atomic E-state index is 11.8. The Morgan fingerprint density at radius 3 is 2.48 bits per heavy atom. The van der Waals surface area contributed by atoms with Gasteiger partial charge in [0.05, 0.1) is 12.8 Å². The molecule has 0 aliphatic rings. The molecule has 108 valence electrons. The first-order valence-electron chi connectivity index (χ1n) is 6.20. The van der Waals surface area contributed by atoms with Crippen LogP contribution in [-0.4, -0.2) is 18.1 Å². The summed E-state index contributed by atoms with van der Waals surface area (Å²) in [5.74, 6) is -0.522. The van der Waals surface area contributed by atoms with E-state index in [1.54, 1.807) is 6.07 Å². The van der Waals surface area contributed by atoms with Crippen molar-refractivity contribution in [1.82, 2.24) is 0 Å². The van der Waals surface area contributed by atoms with Gasteiger partial charge in [0.25, 0.3) is 0 Å². The molecule has 0 spiro atoms. The molecule has 0 bridgehead atoms. The van der Waals surface area contributed by atoms with Gasteiger partial charge in [0, 0.05) is 10.6 Å². The number of hydrogen-bond donors (Lipinski definition) is 2. The highest BCUT2D eigenvalue weighted by Gasteiger charge is 2.15. The molecule has 0 aliphatic heterocycles. The Hall–Kier alpha value is -2.47. The molecule has 0 aromatic heterocycles. The Balaban J connectivity index is 2.19. The molecule has 0 aliphatic carbocycles. The van der Waals surface area contributed by atoms with Crippen LogP contribution < -0.4 is 11.2 Å².